The number of ether oxygens (including phenoxy) is 1. The molecule has 1 aliphatic rings. The van der Waals surface area contributed by atoms with Crippen molar-refractivity contribution in [1.82, 2.24) is 4.90 Å². The maximum atomic E-state index is 12.6. The van der Waals surface area contributed by atoms with Crippen LogP contribution in [0.25, 0.3) is 0 Å². The highest BCUT2D eigenvalue weighted by Gasteiger charge is 2.28. The first kappa shape index (κ1) is 15.5. The molecule has 4 heteroatoms. The van der Waals surface area contributed by atoms with Crippen molar-refractivity contribution < 1.29 is 14.3 Å². The van der Waals surface area contributed by atoms with E-state index in [-0.39, 0.29) is 24.5 Å². The number of nitrogens with zero attached hydrogens (tertiary/aromatic N) is 1. The zero-order chi connectivity index (χ0) is 15.2. The number of esters is 1. The van der Waals surface area contributed by atoms with Crippen molar-refractivity contribution >= 4 is 11.9 Å². The molecule has 0 aliphatic heterocycles. The van der Waals surface area contributed by atoms with Gasteiger partial charge in [0.15, 0.2) is 0 Å². The Kier molecular flexibility index (Phi) is 5.37. The molecule has 0 aromatic heterocycles. The molecule has 1 aromatic carbocycles. The van der Waals surface area contributed by atoms with E-state index in [0.29, 0.717) is 6.42 Å². The predicted molar refractivity (Wildman–Crippen MR) is 80.9 cm³/mol. The Balaban J connectivity index is 2.05. The summed E-state index contributed by atoms with van der Waals surface area (Å²) in [6.07, 6.45) is 4.56. The molecule has 0 heterocycles. The van der Waals surface area contributed by atoms with Gasteiger partial charge in [0, 0.05) is 6.04 Å². The molecule has 0 N–H and O–H groups in total. The van der Waals surface area contributed by atoms with Crippen molar-refractivity contribution in [3.8, 4) is 0 Å². The zero-order valence-electron chi connectivity index (χ0n) is 12.8. The molecule has 1 saturated carbocycles. The summed E-state index contributed by atoms with van der Waals surface area (Å²) in [5.41, 5.74) is 2.16. The first-order valence-electron chi connectivity index (χ1n) is 7.52. The third kappa shape index (κ3) is 4.31. The number of carbonyl (C=O) groups is 2. The summed E-state index contributed by atoms with van der Waals surface area (Å²) in [5, 5.41) is 0. The monoisotopic (exact) mass is 289 g/mol. The Morgan fingerprint density at radius 2 is 1.81 bits per heavy atom. The number of methoxy groups -OCH3 is 1. The second kappa shape index (κ2) is 7.25. The number of hydrogen-bond donors (Lipinski definition) is 0. The molecule has 0 saturated heterocycles. The van der Waals surface area contributed by atoms with Crippen LogP contribution in [0.4, 0.5) is 0 Å². The zero-order valence-corrected chi connectivity index (χ0v) is 12.8. The van der Waals surface area contributed by atoms with Gasteiger partial charge in [0.2, 0.25) is 5.91 Å². The lowest BCUT2D eigenvalue weighted by atomic mass is 10.1. The Morgan fingerprint density at radius 1 is 1.19 bits per heavy atom. The third-order valence-electron chi connectivity index (χ3n) is 4.09. The number of amides is 1. The summed E-state index contributed by atoms with van der Waals surface area (Å²) in [4.78, 5) is 25.8. The van der Waals surface area contributed by atoms with Crippen molar-refractivity contribution in [2.75, 3.05) is 13.7 Å². The third-order valence-corrected chi connectivity index (χ3v) is 4.09. The van der Waals surface area contributed by atoms with E-state index in [1.165, 1.54) is 12.7 Å². The van der Waals surface area contributed by atoms with Gasteiger partial charge in [-0.2, -0.15) is 0 Å². The van der Waals surface area contributed by atoms with Crippen LogP contribution in [0.2, 0.25) is 0 Å². The summed E-state index contributed by atoms with van der Waals surface area (Å²) in [6.45, 7) is 2.08. The van der Waals surface area contributed by atoms with Crippen LogP contribution in [0.3, 0.4) is 0 Å². The van der Waals surface area contributed by atoms with E-state index in [2.05, 4.69) is 0 Å². The average molecular weight is 289 g/mol. The van der Waals surface area contributed by atoms with Gasteiger partial charge in [0.1, 0.15) is 6.54 Å². The van der Waals surface area contributed by atoms with Gasteiger partial charge >= 0.3 is 5.97 Å². The molecule has 0 atom stereocenters. The molecule has 2 rings (SSSR count). The largest absolute Gasteiger partial charge is 0.468 e. The van der Waals surface area contributed by atoms with Gasteiger partial charge < -0.3 is 9.64 Å². The average Bonchev–Trinajstić information content (AvgIpc) is 3.00. The molecule has 0 radical (unpaired) electrons. The first-order valence-corrected chi connectivity index (χ1v) is 7.52. The minimum absolute atomic E-state index is 0.0103. The minimum atomic E-state index is -0.348. The topological polar surface area (TPSA) is 46.6 Å². The summed E-state index contributed by atoms with van der Waals surface area (Å²) in [5.74, 6) is -0.338. The molecular formula is C17H23NO3. The molecule has 1 aliphatic carbocycles. The molecular weight excluding hydrogens is 266 g/mol. The molecule has 1 amide bonds. The lowest BCUT2D eigenvalue weighted by molar-refractivity contribution is -0.148. The highest BCUT2D eigenvalue weighted by molar-refractivity contribution is 5.83. The van der Waals surface area contributed by atoms with Crippen molar-refractivity contribution in [2.45, 2.75) is 45.1 Å². The van der Waals surface area contributed by atoms with Gasteiger partial charge in [-0.05, 0) is 25.3 Å². The van der Waals surface area contributed by atoms with Gasteiger partial charge in [-0.1, -0.05) is 42.7 Å². The van der Waals surface area contributed by atoms with E-state index in [1.807, 2.05) is 31.2 Å². The fraction of sp³-hybridized carbons (Fsp3) is 0.529. The number of hydrogen-bond acceptors (Lipinski definition) is 3. The highest BCUT2D eigenvalue weighted by atomic mass is 16.5. The maximum absolute atomic E-state index is 12.6. The van der Waals surface area contributed by atoms with Crippen LogP contribution < -0.4 is 0 Å². The number of carbonyl (C=O) groups excluding carboxylic acids is 2. The molecule has 0 spiro atoms. The number of benzene rings is 1. The van der Waals surface area contributed by atoms with Crippen LogP contribution >= 0.6 is 0 Å². The van der Waals surface area contributed by atoms with E-state index in [4.69, 9.17) is 4.74 Å². The van der Waals surface area contributed by atoms with E-state index in [0.717, 1.165) is 31.2 Å². The molecule has 1 fully saturated rings. The summed E-state index contributed by atoms with van der Waals surface area (Å²) < 4.78 is 4.72. The van der Waals surface area contributed by atoms with Crippen LogP contribution in [-0.2, 0) is 20.7 Å². The van der Waals surface area contributed by atoms with Crippen LogP contribution in [-0.4, -0.2) is 36.5 Å². The lowest BCUT2D eigenvalue weighted by Crippen LogP contribution is -2.43. The van der Waals surface area contributed by atoms with E-state index >= 15 is 0 Å². The maximum Gasteiger partial charge on any atom is 0.325 e. The highest BCUT2D eigenvalue weighted by Crippen LogP contribution is 2.24. The molecule has 1 aromatic rings. The van der Waals surface area contributed by atoms with Gasteiger partial charge in [-0.25, -0.2) is 0 Å². The van der Waals surface area contributed by atoms with Crippen LogP contribution in [0, 0.1) is 6.92 Å². The van der Waals surface area contributed by atoms with Gasteiger partial charge in [0.25, 0.3) is 0 Å². The normalized spacial score (nSPS) is 15.0. The molecule has 21 heavy (non-hydrogen) atoms. The second-order valence-electron chi connectivity index (χ2n) is 5.70. The van der Waals surface area contributed by atoms with Gasteiger partial charge in [0.05, 0.1) is 13.5 Å². The number of aryl methyl sites for hydroxylation is 1. The Hall–Kier alpha value is -1.84. The Labute approximate surface area is 126 Å². The van der Waals surface area contributed by atoms with Crippen molar-refractivity contribution in [1.29, 1.82) is 0 Å². The van der Waals surface area contributed by atoms with Gasteiger partial charge in [-0.3, -0.25) is 9.59 Å². The van der Waals surface area contributed by atoms with Crippen LogP contribution in [0.5, 0.6) is 0 Å². The molecule has 114 valence electrons. The SMILES string of the molecule is COC(=O)CN(C(=O)Cc1ccc(C)cc1)C1CCCC1. The van der Waals surface area contributed by atoms with Crippen molar-refractivity contribution in [3.05, 3.63) is 35.4 Å². The van der Waals surface area contributed by atoms with E-state index in [9.17, 15) is 9.59 Å². The predicted octanol–water partition coefficient (Wildman–Crippen LogP) is 2.48. The fourth-order valence-corrected chi connectivity index (χ4v) is 2.82. The van der Waals surface area contributed by atoms with Crippen molar-refractivity contribution in [3.63, 3.8) is 0 Å². The summed E-state index contributed by atoms with van der Waals surface area (Å²) in [6, 6.07) is 8.13. The lowest BCUT2D eigenvalue weighted by Gasteiger charge is -2.28. The van der Waals surface area contributed by atoms with Crippen molar-refractivity contribution in [2.24, 2.45) is 0 Å². The van der Waals surface area contributed by atoms with E-state index < -0.39 is 0 Å². The quantitative estimate of drug-likeness (QED) is 0.782. The first-order chi connectivity index (χ1) is 10.1. The fourth-order valence-electron chi connectivity index (χ4n) is 2.82. The summed E-state index contributed by atoms with van der Waals surface area (Å²) in [7, 11) is 1.36. The molecule has 0 unspecified atom stereocenters. The molecule has 0 bridgehead atoms. The van der Waals surface area contributed by atoms with Crippen LogP contribution in [0.15, 0.2) is 24.3 Å². The number of rotatable bonds is 5. The van der Waals surface area contributed by atoms with Crippen LogP contribution in [0.1, 0.15) is 36.8 Å². The van der Waals surface area contributed by atoms with Gasteiger partial charge in [-0.15, -0.1) is 0 Å². The Bertz CT molecular complexity index is 489. The Morgan fingerprint density at radius 3 is 2.38 bits per heavy atom. The van der Waals surface area contributed by atoms with E-state index in [1.54, 1.807) is 4.90 Å². The molecule has 4 nitrogen and oxygen atoms in total. The smallest absolute Gasteiger partial charge is 0.325 e. The second-order valence-corrected chi connectivity index (χ2v) is 5.70. The standard InChI is InChI=1S/C17H23NO3/c1-13-7-9-14(10-8-13)11-16(19)18(12-17(20)21-2)15-5-3-4-6-15/h7-10,15H,3-6,11-12H2,1-2H3. The summed E-state index contributed by atoms with van der Waals surface area (Å²) >= 11 is 0. The minimum Gasteiger partial charge on any atom is -0.468 e.